The lowest BCUT2D eigenvalue weighted by atomic mass is 10.1. The number of rotatable bonds is 8. The highest BCUT2D eigenvalue weighted by atomic mass is 16.6. The number of aromatic nitrogens is 1. The van der Waals surface area contributed by atoms with Gasteiger partial charge in [-0.05, 0) is 24.3 Å². The predicted octanol–water partition coefficient (Wildman–Crippen LogP) is 3.42. The van der Waals surface area contributed by atoms with Crippen LogP contribution in [-0.4, -0.2) is 40.9 Å². The van der Waals surface area contributed by atoms with Crippen LogP contribution in [0, 0.1) is 20.2 Å². The van der Waals surface area contributed by atoms with E-state index in [4.69, 9.17) is 9.47 Å². The van der Waals surface area contributed by atoms with Gasteiger partial charge in [-0.2, -0.15) is 0 Å². The van der Waals surface area contributed by atoms with E-state index < -0.39 is 21.7 Å². The van der Waals surface area contributed by atoms with Crippen molar-refractivity contribution in [3.63, 3.8) is 0 Å². The van der Waals surface area contributed by atoms with Crippen LogP contribution < -0.4 is 20.1 Å². The molecular weight excluding hydrogens is 450 g/mol. The van der Waals surface area contributed by atoms with Gasteiger partial charge in [-0.1, -0.05) is 0 Å². The number of methoxy groups -OCH3 is 2. The molecule has 2 amide bonds. The van der Waals surface area contributed by atoms with E-state index in [2.05, 4.69) is 15.6 Å². The van der Waals surface area contributed by atoms with Crippen LogP contribution in [-0.2, 0) is 0 Å². The molecule has 3 rings (SSSR count). The number of nitro benzene ring substituents is 2. The molecule has 0 fully saturated rings. The number of hydrogen-bond acceptors (Lipinski definition) is 9. The Morgan fingerprint density at radius 1 is 0.824 bits per heavy atom. The van der Waals surface area contributed by atoms with Gasteiger partial charge in [0.25, 0.3) is 23.2 Å². The SMILES string of the molecule is COc1cc([N+](=O)[O-])ccc1NC(=O)c1cccnc1C(=O)Nc1ccc([N+](=O)[O-])cc1OC. The Balaban J connectivity index is 1.87. The van der Waals surface area contributed by atoms with Crippen molar-refractivity contribution in [3.8, 4) is 11.5 Å². The summed E-state index contributed by atoms with van der Waals surface area (Å²) in [5.74, 6) is -1.40. The summed E-state index contributed by atoms with van der Waals surface area (Å²) in [5.41, 5.74) is -0.516. The molecule has 0 radical (unpaired) electrons. The van der Waals surface area contributed by atoms with E-state index in [-0.39, 0.29) is 45.5 Å². The predicted molar refractivity (Wildman–Crippen MR) is 119 cm³/mol. The van der Waals surface area contributed by atoms with Crippen molar-refractivity contribution in [3.05, 3.63) is 86.2 Å². The number of hydrogen-bond donors (Lipinski definition) is 2. The lowest BCUT2D eigenvalue weighted by molar-refractivity contribution is -0.385. The maximum atomic E-state index is 12.9. The Morgan fingerprint density at radius 3 is 1.79 bits per heavy atom. The number of non-ortho nitro benzene ring substituents is 2. The third-order valence-corrected chi connectivity index (χ3v) is 4.56. The molecule has 0 saturated carbocycles. The van der Waals surface area contributed by atoms with Crippen molar-refractivity contribution in [1.29, 1.82) is 0 Å². The maximum Gasteiger partial charge on any atom is 0.275 e. The zero-order valence-electron chi connectivity index (χ0n) is 17.8. The molecule has 0 aliphatic carbocycles. The first-order valence-electron chi connectivity index (χ1n) is 9.47. The van der Waals surface area contributed by atoms with Crippen molar-refractivity contribution in [2.75, 3.05) is 24.9 Å². The molecule has 2 N–H and O–H groups in total. The summed E-state index contributed by atoms with van der Waals surface area (Å²) < 4.78 is 10.2. The smallest absolute Gasteiger partial charge is 0.275 e. The van der Waals surface area contributed by atoms with Gasteiger partial charge in [-0.15, -0.1) is 0 Å². The molecular formula is C21H17N5O8. The van der Waals surface area contributed by atoms with Crippen LogP contribution in [0.25, 0.3) is 0 Å². The molecule has 0 aliphatic rings. The van der Waals surface area contributed by atoms with Crippen molar-refractivity contribution >= 4 is 34.6 Å². The highest BCUT2D eigenvalue weighted by Crippen LogP contribution is 2.31. The van der Waals surface area contributed by atoms with E-state index in [0.29, 0.717) is 0 Å². The fourth-order valence-electron chi connectivity index (χ4n) is 2.93. The summed E-state index contributed by atoms with van der Waals surface area (Å²) in [6, 6.07) is 10.1. The van der Waals surface area contributed by atoms with Crippen molar-refractivity contribution in [1.82, 2.24) is 4.98 Å². The molecule has 0 aliphatic heterocycles. The van der Waals surface area contributed by atoms with Gasteiger partial charge in [0.1, 0.15) is 17.2 Å². The Kier molecular flexibility index (Phi) is 6.96. The second-order valence-corrected chi connectivity index (χ2v) is 6.59. The molecule has 0 spiro atoms. The molecule has 34 heavy (non-hydrogen) atoms. The number of carbonyl (C=O) groups excluding carboxylic acids is 2. The number of carbonyl (C=O) groups is 2. The zero-order chi connectivity index (χ0) is 24.8. The van der Waals surface area contributed by atoms with Gasteiger partial charge in [0.15, 0.2) is 0 Å². The molecule has 3 aromatic rings. The van der Waals surface area contributed by atoms with E-state index in [9.17, 15) is 29.8 Å². The molecule has 0 unspecified atom stereocenters. The van der Waals surface area contributed by atoms with E-state index in [1.165, 1.54) is 56.8 Å². The Morgan fingerprint density at radius 2 is 1.32 bits per heavy atom. The van der Waals surface area contributed by atoms with E-state index >= 15 is 0 Å². The number of pyridine rings is 1. The largest absolute Gasteiger partial charge is 0.494 e. The number of nitrogens with zero attached hydrogens (tertiary/aromatic N) is 3. The van der Waals surface area contributed by atoms with Gasteiger partial charge in [-0.25, -0.2) is 0 Å². The molecule has 13 heteroatoms. The lowest BCUT2D eigenvalue weighted by Crippen LogP contribution is -2.22. The van der Waals surface area contributed by atoms with Crippen LogP contribution in [0.15, 0.2) is 54.7 Å². The summed E-state index contributed by atoms with van der Waals surface area (Å²) in [6.45, 7) is 0. The van der Waals surface area contributed by atoms with Crippen molar-refractivity contribution in [2.24, 2.45) is 0 Å². The first-order chi connectivity index (χ1) is 16.2. The molecule has 1 aromatic heterocycles. The molecule has 174 valence electrons. The lowest BCUT2D eigenvalue weighted by Gasteiger charge is -2.13. The van der Waals surface area contributed by atoms with E-state index in [0.717, 1.165) is 12.1 Å². The van der Waals surface area contributed by atoms with Crippen LogP contribution >= 0.6 is 0 Å². The first-order valence-corrected chi connectivity index (χ1v) is 9.47. The molecule has 13 nitrogen and oxygen atoms in total. The van der Waals surface area contributed by atoms with Crippen molar-refractivity contribution in [2.45, 2.75) is 0 Å². The third kappa shape index (κ3) is 5.04. The van der Waals surface area contributed by atoms with Crippen LogP contribution in [0.2, 0.25) is 0 Å². The minimum atomic E-state index is -0.770. The van der Waals surface area contributed by atoms with Gasteiger partial charge < -0.3 is 20.1 Å². The normalized spacial score (nSPS) is 10.2. The molecule has 0 atom stereocenters. The van der Waals surface area contributed by atoms with Crippen LogP contribution in [0.3, 0.4) is 0 Å². The minimum absolute atomic E-state index is 0.0418. The van der Waals surface area contributed by atoms with Crippen LogP contribution in [0.5, 0.6) is 11.5 Å². The first kappa shape index (κ1) is 23.6. The van der Waals surface area contributed by atoms with Gasteiger partial charge in [0.2, 0.25) is 0 Å². The number of benzene rings is 2. The fraction of sp³-hybridized carbons (Fsp3) is 0.0952. The average Bonchev–Trinajstić information content (AvgIpc) is 2.84. The Bertz CT molecular complexity index is 1200. The minimum Gasteiger partial charge on any atom is -0.494 e. The number of anilines is 2. The highest BCUT2D eigenvalue weighted by molar-refractivity contribution is 6.14. The number of nitrogens with one attached hydrogen (secondary N) is 2. The van der Waals surface area contributed by atoms with Crippen LogP contribution in [0.1, 0.15) is 20.8 Å². The standard InChI is InChI=1S/C21H17N5O8/c1-33-17-10-12(25(29)30)5-7-15(17)23-20(27)14-4-3-9-22-19(14)21(28)24-16-8-6-13(26(31)32)11-18(16)34-2/h3-11H,1-2H3,(H,23,27)(H,24,28). The summed E-state index contributed by atoms with van der Waals surface area (Å²) >= 11 is 0. The number of amides is 2. The maximum absolute atomic E-state index is 12.9. The Labute approximate surface area is 191 Å². The summed E-state index contributed by atoms with van der Waals surface area (Å²) in [5, 5.41) is 27.0. The van der Waals surface area contributed by atoms with E-state index in [1.807, 2.05) is 0 Å². The van der Waals surface area contributed by atoms with E-state index in [1.54, 1.807) is 0 Å². The molecule has 2 aromatic carbocycles. The summed E-state index contributed by atoms with van der Waals surface area (Å²) in [7, 11) is 2.57. The second-order valence-electron chi connectivity index (χ2n) is 6.59. The van der Waals surface area contributed by atoms with Crippen molar-refractivity contribution < 1.29 is 28.9 Å². The number of nitro groups is 2. The molecule has 0 saturated heterocycles. The third-order valence-electron chi connectivity index (χ3n) is 4.56. The van der Waals surface area contributed by atoms with Crippen LogP contribution in [0.4, 0.5) is 22.7 Å². The molecule has 1 heterocycles. The average molecular weight is 467 g/mol. The quantitative estimate of drug-likeness (QED) is 0.371. The summed E-state index contributed by atoms with van der Waals surface area (Å²) in [4.78, 5) is 50.5. The Hall–Kier alpha value is -5.07. The van der Waals surface area contributed by atoms with Gasteiger partial charge >= 0.3 is 0 Å². The van der Waals surface area contributed by atoms with Gasteiger partial charge in [0, 0.05) is 18.3 Å². The topological polar surface area (TPSA) is 176 Å². The monoisotopic (exact) mass is 467 g/mol. The molecule has 0 bridgehead atoms. The van der Waals surface area contributed by atoms with Gasteiger partial charge in [0.05, 0.1) is 53.1 Å². The summed E-state index contributed by atoms with van der Waals surface area (Å²) in [6.07, 6.45) is 1.31. The number of ether oxygens (including phenoxy) is 2. The highest BCUT2D eigenvalue weighted by Gasteiger charge is 2.22. The van der Waals surface area contributed by atoms with Gasteiger partial charge in [-0.3, -0.25) is 34.8 Å². The fourth-order valence-corrected chi connectivity index (χ4v) is 2.93. The zero-order valence-corrected chi connectivity index (χ0v) is 17.8. The second kappa shape index (κ2) is 10.0.